The van der Waals surface area contributed by atoms with E-state index < -0.39 is 6.04 Å². The topological polar surface area (TPSA) is 75.4 Å². The zero-order valence-corrected chi connectivity index (χ0v) is 12.8. The third-order valence-electron chi connectivity index (χ3n) is 3.34. The molecule has 1 heterocycles. The van der Waals surface area contributed by atoms with Crippen molar-refractivity contribution >= 4 is 17.2 Å². The minimum absolute atomic E-state index is 0.0170. The molecule has 0 fully saturated rings. The number of aromatic hydroxyl groups is 1. The number of nitrogens with two attached hydrogens (primary N) is 1. The standard InChI is InChI=1S/C16H20N2O2S/c1-2-14(15-4-3-9-21-15)18-16(20)13(17)10-11-5-7-12(19)8-6-11/h3-9,13-14,19H,2,10,17H2,1H3,(H,18,20)/t13-,14?/m1/s1. The molecule has 4 N–H and O–H groups in total. The highest BCUT2D eigenvalue weighted by molar-refractivity contribution is 7.10. The Morgan fingerprint density at radius 3 is 2.62 bits per heavy atom. The lowest BCUT2D eigenvalue weighted by atomic mass is 10.1. The predicted octanol–water partition coefficient (Wildman–Crippen LogP) is 2.59. The number of amides is 1. The Morgan fingerprint density at radius 2 is 2.05 bits per heavy atom. The Balaban J connectivity index is 1.94. The van der Waals surface area contributed by atoms with Crippen molar-refractivity contribution in [2.24, 2.45) is 5.73 Å². The zero-order chi connectivity index (χ0) is 15.2. The summed E-state index contributed by atoms with van der Waals surface area (Å²) in [6, 6.07) is 10.2. The van der Waals surface area contributed by atoms with Crippen LogP contribution in [0.15, 0.2) is 41.8 Å². The first kappa shape index (κ1) is 15.5. The van der Waals surface area contributed by atoms with Gasteiger partial charge in [-0.15, -0.1) is 11.3 Å². The van der Waals surface area contributed by atoms with Crippen LogP contribution < -0.4 is 11.1 Å². The van der Waals surface area contributed by atoms with Crippen LogP contribution in [0.2, 0.25) is 0 Å². The first-order valence-electron chi connectivity index (χ1n) is 6.97. The minimum atomic E-state index is -0.594. The predicted molar refractivity (Wildman–Crippen MR) is 85.3 cm³/mol. The SMILES string of the molecule is CCC(NC(=O)[C@H](N)Cc1ccc(O)cc1)c1cccs1. The number of phenols is 1. The van der Waals surface area contributed by atoms with Gasteiger partial charge in [0.15, 0.2) is 0 Å². The quantitative estimate of drug-likeness (QED) is 0.768. The lowest BCUT2D eigenvalue weighted by Crippen LogP contribution is -2.43. The maximum Gasteiger partial charge on any atom is 0.237 e. The van der Waals surface area contributed by atoms with Gasteiger partial charge in [-0.3, -0.25) is 4.79 Å². The van der Waals surface area contributed by atoms with E-state index in [0.717, 1.165) is 16.9 Å². The van der Waals surface area contributed by atoms with Crippen molar-refractivity contribution in [1.29, 1.82) is 0 Å². The van der Waals surface area contributed by atoms with E-state index in [1.54, 1.807) is 35.6 Å². The number of benzene rings is 1. The van der Waals surface area contributed by atoms with E-state index in [2.05, 4.69) is 5.32 Å². The van der Waals surface area contributed by atoms with Gasteiger partial charge in [-0.25, -0.2) is 0 Å². The van der Waals surface area contributed by atoms with Gasteiger partial charge >= 0.3 is 0 Å². The molecule has 0 aliphatic heterocycles. The van der Waals surface area contributed by atoms with Gasteiger partial charge in [0.05, 0.1) is 12.1 Å². The molecule has 21 heavy (non-hydrogen) atoms. The lowest BCUT2D eigenvalue weighted by molar-refractivity contribution is -0.123. The molecule has 1 aromatic carbocycles. The minimum Gasteiger partial charge on any atom is -0.508 e. The van der Waals surface area contributed by atoms with Crippen LogP contribution in [-0.4, -0.2) is 17.1 Å². The summed E-state index contributed by atoms with van der Waals surface area (Å²) in [4.78, 5) is 13.3. The molecule has 0 saturated carbocycles. The van der Waals surface area contributed by atoms with E-state index in [1.165, 1.54) is 0 Å². The van der Waals surface area contributed by atoms with Crippen molar-refractivity contribution < 1.29 is 9.90 Å². The van der Waals surface area contributed by atoms with Crippen molar-refractivity contribution in [3.8, 4) is 5.75 Å². The number of carbonyl (C=O) groups excluding carboxylic acids is 1. The van der Waals surface area contributed by atoms with Gasteiger partial charge in [-0.05, 0) is 42.0 Å². The van der Waals surface area contributed by atoms with E-state index in [9.17, 15) is 9.90 Å². The third-order valence-corrected chi connectivity index (χ3v) is 4.33. The first-order chi connectivity index (χ1) is 10.1. The lowest BCUT2D eigenvalue weighted by Gasteiger charge is -2.19. The summed E-state index contributed by atoms with van der Waals surface area (Å²) in [7, 11) is 0. The number of hydrogen-bond acceptors (Lipinski definition) is 4. The number of phenolic OH excluding ortho intramolecular Hbond substituents is 1. The smallest absolute Gasteiger partial charge is 0.237 e. The maximum absolute atomic E-state index is 12.2. The second kappa shape index (κ2) is 7.24. The Morgan fingerprint density at radius 1 is 1.33 bits per heavy atom. The summed E-state index contributed by atoms with van der Waals surface area (Å²) in [6.07, 6.45) is 1.28. The third kappa shape index (κ3) is 4.31. The van der Waals surface area contributed by atoms with Crippen LogP contribution in [0.25, 0.3) is 0 Å². The molecule has 0 radical (unpaired) electrons. The molecular weight excluding hydrogens is 284 g/mol. The molecule has 1 aromatic heterocycles. The average molecular weight is 304 g/mol. The van der Waals surface area contributed by atoms with Gasteiger partial charge in [-0.1, -0.05) is 25.1 Å². The summed E-state index contributed by atoms with van der Waals surface area (Å²) in [5.74, 6) is 0.0591. The summed E-state index contributed by atoms with van der Waals surface area (Å²) < 4.78 is 0. The molecular formula is C16H20N2O2S. The van der Waals surface area contributed by atoms with E-state index >= 15 is 0 Å². The van der Waals surface area contributed by atoms with Gasteiger partial charge in [0, 0.05) is 4.88 Å². The van der Waals surface area contributed by atoms with Crippen LogP contribution in [0.3, 0.4) is 0 Å². The molecule has 2 aromatic rings. The fourth-order valence-electron chi connectivity index (χ4n) is 2.12. The van der Waals surface area contributed by atoms with E-state index in [0.29, 0.717) is 6.42 Å². The summed E-state index contributed by atoms with van der Waals surface area (Å²) in [5, 5.41) is 14.2. The second-order valence-electron chi connectivity index (χ2n) is 4.96. The molecule has 0 bridgehead atoms. The summed E-state index contributed by atoms with van der Waals surface area (Å²) in [6.45, 7) is 2.04. The molecule has 0 spiro atoms. The van der Waals surface area contributed by atoms with Crippen LogP contribution in [0.5, 0.6) is 5.75 Å². The summed E-state index contributed by atoms with van der Waals surface area (Å²) in [5.41, 5.74) is 6.90. The van der Waals surface area contributed by atoms with Crippen molar-refractivity contribution in [2.75, 3.05) is 0 Å². The number of thiophene rings is 1. The van der Waals surface area contributed by atoms with Gasteiger partial charge in [0.2, 0.25) is 5.91 Å². The van der Waals surface area contributed by atoms with Crippen molar-refractivity contribution in [2.45, 2.75) is 31.8 Å². The Kier molecular flexibility index (Phi) is 5.36. The Hall–Kier alpha value is -1.85. The number of rotatable bonds is 6. The second-order valence-corrected chi connectivity index (χ2v) is 5.94. The maximum atomic E-state index is 12.2. The van der Waals surface area contributed by atoms with Crippen molar-refractivity contribution in [3.05, 3.63) is 52.2 Å². The van der Waals surface area contributed by atoms with Crippen LogP contribution in [0.1, 0.15) is 29.8 Å². The highest BCUT2D eigenvalue weighted by Crippen LogP contribution is 2.21. The van der Waals surface area contributed by atoms with Crippen LogP contribution in [0.4, 0.5) is 0 Å². The first-order valence-corrected chi connectivity index (χ1v) is 7.85. The summed E-state index contributed by atoms with van der Waals surface area (Å²) >= 11 is 1.63. The van der Waals surface area contributed by atoms with Gasteiger partial charge in [0.25, 0.3) is 0 Å². The fraction of sp³-hybridized carbons (Fsp3) is 0.312. The van der Waals surface area contributed by atoms with Gasteiger partial charge in [0.1, 0.15) is 5.75 Å². The number of hydrogen-bond donors (Lipinski definition) is 3. The van der Waals surface area contributed by atoms with E-state index in [-0.39, 0.29) is 17.7 Å². The largest absolute Gasteiger partial charge is 0.508 e. The number of carbonyl (C=O) groups is 1. The van der Waals surface area contributed by atoms with Crippen LogP contribution in [-0.2, 0) is 11.2 Å². The van der Waals surface area contributed by atoms with Crippen LogP contribution in [0, 0.1) is 0 Å². The number of nitrogens with one attached hydrogen (secondary N) is 1. The van der Waals surface area contributed by atoms with Gasteiger partial charge in [-0.2, -0.15) is 0 Å². The molecule has 1 amide bonds. The van der Waals surface area contributed by atoms with Crippen molar-refractivity contribution in [3.63, 3.8) is 0 Å². The molecule has 0 aliphatic rings. The van der Waals surface area contributed by atoms with Crippen LogP contribution >= 0.6 is 11.3 Å². The Bertz CT molecular complexity index is 566. The molecule has 4 nitrogen and oxygen atoms in total. The average Bonchev–Trinajstić information content (AvgIpc) is 3.01. The fourth-order valence-corrected chi connectivity index (χ4v) is 2.98. The van der Waals surface area contributed by atoms with E-state index in [4.69, 9.17) is 5.73 Å². The van der Waals surface area contributed by atoms with Gasteiger partial charge < -0.3 is 16.2 Å². The van der Waals surface area contributed by atoms with Crippen molar-refractivity contribution in [1.82, 2.24) is 5.32 Å². The Labute approximate surface area is 128 Å². The monoisotopic (exact) mass is 304 g/mol. The molecule has 0 aliphatic carbocycles. The van der Waals surface area contributed by atoms with E-state index in [1.807, 2.05) is 24.4 Å². The molecule has 0 saturated heterocycles. The molecule has 112 valence electrons. The molecule has 2 atom stereocenters. The molecule has 1 unspecified atom stereocenters. The molecule has 2 rings (SSSR count). The zero-order valence-electron chi connectivity index (χ0n) is 12.0. The normalized spacial score (nSPS) is 13.6. The highest BCUT2D eigenvalue weighted by atomic mass is 32.1. The highest BCUT2D eigenvalue weighted by Gasteiger charge is 2.19. The molecule has 5 heteroatoms.